The zero-order valence-corrected chi connectivity index (χ0v) is 13.3. The van der Waals surface area contributed by atoms with Gasteiger partial charge in [0, 0.05) is 6.54 Å². The third-order valence-electron chi connectivity index (χ3n) is 3.62. The normalized spacial score (nSPS) is 10.5. The Morgan fingerprint density at radius 3 is 2.40 bits per heavy atom. The number of anilines is 1. The fraction of sp³-hybridized carbons (Fsp3) is 0.105. The molecule has 0 saturated carbocycles. The monoisotopic (exact) mass is 342 g/mol. The van der Waals surface area contributed by atoms with Crippen LogP contribution in [0.4, 0.5) is 19.3 Å². The first-order valence-electron chi connectivity index (χ1n) is 7.69. The Morgan fingerprint density at radius 1 is 0.960 bits per heavy atom. The number of urea groups is 1. The lowest BCUT2D eigenvalue weighted by molar-refractivity contribution is 0.201. The summed E-state index contributed by atoms with van der Waals surface area (Å²) in [6.07, 6.45) is 1.51. The Labute approximate surface area is 143 Å². The number of furan rings is 1. The second-order valence-electron chi connectivity index (χ2n) is 5.47. The van der Waals surface area contributed by atoms with E-state index in [4.69, 9.17) is 4.42 Å². The molecule has 1 aromatic heterocycles. The van der Waals surface area contributed by atoms with Crippen LogP contribution in [0.25, 0.3) is 0 Å². The smallest absolute Gasteiger partial charge is 0.322 e. The molecule has 1 heterocycles. The number of halogens is 2. The molecule has 0 unspecified atom stereocenters. The fourth-order valence-corrected chi connectivity index (χ4v) is 2.36. The number of para-hydroxylation sites is 1. The highest BCUT2D eigenvalue weighted by molar-refractivity contribution is 5.89. The van der Waals surface area contributed by atoms with Crippen molar-refractivity contribution in [3.63, 3.8) is 0 Å². The van der Waals surface area contributed by atoms with Gasteiger partial charge in [0.15, 0.2) is 0 Å². The van der Waals surface area contributed by atoms with Gasteiger partial charge in [-0.15, -0.1) is 0 Å². The van der Waals surface area contributed by atoms with Crippen LogP contribution in [0.2, 0.25) is 0 Å². The summed E-state index contributed by atoms with van der Waals surface area (Å²) in [5.41, 5.74) is 0.840. The predicted octanol–water partition coefficient (Wildman–Crippen LogP) is 4.79. The lowest BCUT2D eigenvalue weighted by atomic mass is 10.2. The van der Waals surface area contributed by atoms with Crippen molar-refractivity contribution in [3.05, 3.63) is 89.9 Å². The van der Waals surface area contributed by atoms with Gasteiger partial charge in [-0.2, -0.15) is 0 Å². The number of hydrogen-bond acceptors (Lipinski definition) is 2. The first-order chi connectivity index (χ1) is 12.1. The zero-order chi connectivity index (χ0) is 17.6. The largest absolute Gasteiger partial charge is 0.467 e. The summed E-state index contributed by atoms with van der Waals surface area (Å²) in [4.78, 5) is 14.1. The maximum Gasteiger partial charge on any atom is 0.322 e. The molecule has 0 aliphatic heterocycles. The summed E-state index contributed by atoms with van der Waals surface area (Å²) in [5.74, 6) is -0.279. The maximum atomic E-state index is 13.8. The molecule has 0 radical (unpaired) electrons. The number of rotatable bonds is 5. The molecule has 0 fully saturated rings. The SMILES string of the molecule is O=C(Nc1ccccc1F)N(Cc1ccc(F)cc1)Cc1ccco1. The van der Waals surface area contributed by atoms with Crippen molar-refractivity contribution in [1.82, 2.24) is 4.90 Å². The minimum atomic E-state index is -0.518. The standard InChI is InChI=1S/C19H16F2N2O2/c20-15-9-7-14(8-10-15)12-23(13-16-4-3-11-25-16)19(24)22-18-6-2-1-5-17(18)21/h1-11H,12-13H2,(H,22,24). The maximum absolute atomic E-state index is 13.8. The van der Waals surface area contributed by atoms with Crippen molar-refractivity contribution in [1.29, 1.82) is 0 Å². The van der Waals surface area contributed by atoms with E-state index >= 15 is 0 Å². The Morgan fingerprint density at radius 2 is 1.72 bits per heavy atom. The Hall–Kier alpha value is -3.15. The molecule has 2 aromatic carbocycles. The van der Waals surface area contributed by atoms with Crippen LogP contribution in [0.1, 0.15) is 11.3 Å². The van der Waals surface area contributed by atoms with Gasteiger partial charge in [-0.1, -0.05) is 24.3 Å². The minimum absolute atomic E-state index is 0.0936. The van der Waals surface area contributed by atoms with E-state index in [-0.39, 0.29) is 24.6 Å². The quantitative estimate of drug-likeness (QED) is 0.724. The van der Waals surface area contributed by atoms with E-state index in [0.717, 1.165) is 5.56 Å². The Kier molecular flexibility index (Phi) is 5.09. The van der Waals surface area contributed by atoms with E-state index in [9.17, 15) is 13.6 Å². The molecule has 2 amide bonds. The average molecular weight is 342 g/mol. The van der Waals surface area contributed by atoms with Gasteiger partial charge < -0.3 is 14.6 Å². The van der Waals surface area contributed by atoms with E-state index < -0.39 is 11.8 Å². The van der Waals surface area contributed by atoms with E-state index in [1.807, 2.05) is 0 Å². The zero-order valence-electron chi connectivity index (χ0n) is 13.3. The van der Waals surface area contributed by atoms with Crippen molar-refractivity contribution >= 4 is 11.7 Å². The van der Waals surface area contributed by atoms with Gasteiger partial charge in [0.05, 0.1) is 18.5 Å². The van der Waals surface area contributed by atoms with Crippen LogP contribution in [0, 0.1) is 11.6 Å². The van der Waals surface area contributed by atoms with Gasteiger partial charge in [0.1, 0.15) is 17.4 Å². The lowest BCUT2D eigenvalue weighted by Gasteiger charge is -2.22. The van der Waals surface area contributed by atoms with Gasteiger partial charge in [0.2, 0.25) is 0 Å². The van der Waals surface area contributed by atoms with E-state index in [0.29, 0.717) is 5.76 Å². The molecule has 128 valence electrons. The number of hydrogen-bond donors (Lipinski definition) is 1. The van der Waals surface area contributed by atoms with Crippen molar-refractivity contribution in [3.8, 4) is 0 Å². The summed E-state index contributed by atoms with van der Waals surface area (Å²) in [5, 5.41) is 2.55. The topological polar surface area (TPSA) is 45.5 Å². The highest BCUT2D eigenvalue weighted by atomic mass is 19.1. The van der Waals surface area contributed by atoms with Crippen LogP contribution in [0.15, 0.2) is 71.3 Å². The second-order valence-corrected chi connectivity index (χ2v) is 5.47. The van der Waals surface area contributed by atoms with Crippen molar-refractivity contribution in [2.75, 3.05) is 5.32 Å². The highest BCUT2D eigenvalue weighted by Gasteiger charge is 2.17. The van der Waals surface area contributed by atoms with E-state index in [1.165, 1.54) is 35.4 Å². The molecule has 0 aliphatic carbocycles. The summed E-state index contributed by atoms with van der Waals surface area (Å²) < 4.78 is 32.1. The molecule has 0 bridgehead atoms. The van der Waals surface area contributed by atoms with Crippen LogP contribution < -0.4 is 5.32 Å². The summed E-state index contributed by atoms with van der Waals surface area (Å²) in [7, 11) is 0. The molecule has 4 nitrogen and oxygen atoms in total. The molecule has 3 aromatic rings. The van der Waals surface area contributed by atoms with Crippen LogP contribution in [-0.2, 0) is 13.1 Å². The molecule has 0 aliphatic rings. The van der Waals surface area contributed by atoms with Gasteiger partial charge >= 0.3 is 6.03 Å². The van der Waals surface area contributed by atoms with Crippen LogP contribution in [-0.4, -0.2) is 10.9 Å². The van der Waals surface area contributed by atoms with E-state index in [2.05, 4.69) is 5.32 Å². The van der Waals surface area contributed by atoms with Crippen LogP contribution >= 0.6 is 0 Å². The molecular formula is C19H16F2N2O2. The van der Waals surface area contributed by atoms with Crippen molar-refractivity contribution in [2.45, 2.75) is 13.1 Å². The molecule has 25 heavy (non-hydrogen) atoms. The van der Waals surface area contributed by atoms with Gasteiger partial charge in [0.25, 0.3) is 0 Å². The highest BCUT2D eigenvalue weighted by Crippen LogP contribution is 2.16. The third-order valence-corrected chi connectivity index (χ3v) is 3.62. The minimum Gasteiger partial charge on any atom is -0.467 e. The first-order valence-corrected chi connectivity index (χ1v) is 7.69. The summed E-state index contributed by atoms with van der Waals surface area (Å²) in [6, 6.07) is 14.8. The van der Waals surface area contributed by atoms with Gasteiger partial charge in [-0.25, -0.2) is 13.6 Å². The third kappa shape index (κ3) is 4.44. The van der Waals surface area contributed by atoms with Crippen molar-refractivity contribution < 1.29 is 18.0 Å². The molecule has 1 N–H and O–H groups in total. The van der Waals surface area contributed by atoms with Crippen LogP contribution in [0.5, 0.6) is 0 Å². The molecule has 3 rings (SSSR count). The molecule has 0 atom stereocenters. The number of carbonyl (C=O) groups is 1. The average Bonchev–Trinajstić information content (AvgIpc) is 3.11. The summed E-state index contributed by atoms with van der Waals surface area (Å²) in [6.45, 7) is 0.423. The predicted molar refractivity (Wildman–Crippen MR) is 89.8 cm³/mol. The number of carbonyl (C=O) groups excluding carboxylic acids is 1. The second kappa shape index (κ2) is 7.61. The first kappa shape index (κ1) is 16.7. The number of nitrogens with zero attached hydrogens (tertiary/aromatic N) is 1. The Bertz CT molecular complexity index is 833. The molecule has 0 spiro atoms. The lowest BCUT2D eigenvalue weighted by Crippen LogP contribution is -2.34. The summed E-state index contributed by atoms with van der Waals surface area (Å²) >= 11 is 0. The fourth-order valence-electron chi connectivity index (χ4n) is 2.36. The molecule has 0 saturated heterocycles. The number of benzene rings is 2. The molecular weight excluding hydrogens is 326 g/mol. The van der Waals surface area contributed by atoms with Gasteiger partial charge in [-0.05, 0) is 42.0 Å². The van der Waals surface area contributed by atoms with Crippen molar-refractivity contribution in [2.24, 2.45) is 0 Å². The Balaban J connectivity index is 1.78. The van der Waals surface area contributed by atoms with Gasteiger partial charge in [-0.3, -0.25) is 0 Å². The number of nitrogens with one attached hydrogen (secondary N) is 1. The number of amides is 2. The molecule has 6 heteroatoms. The van der Waals surface area contributed by atoms with E-state index in [1.54, 1.807) is 36.4 Å². The van der Waals surface area contributed by atoms with Crippen LogP contribution in [0.3, 0.4) is 0 Å².